The average molecular weight is 208 g/mol. The second kappa shape index (κ2) is 5.16. The van der Waals surface area contributed by atoms with Crippen LogP contribution in [0, 0.1) is 23.2 Å². The molecule has 0 saturated heterocycles. The third kappa shape index (κ3) is 2.95. The number of nitriles is 1. The Hall–Kier alpha value is -1.04. The van der Waals surface area contributed by atoms with E-state index in [2.05, 4.69) is 6.92 Å². The Balaban J connectivity index is 2.56. The van der Waals surface area contributed by atoms with Crippen molar-refractivity contribution >= 4 is 5.91 Å². The zero-order valence-corrected chi connectivity index (χ0v) is 9.86. The number of nitrogens with zero attached hydrogens (tertiary/aromatic N) is 2. The summed E-state index contributed by atoms with van der Waals surface area (Å²) >= 11 is 0. The maximum Gasteiger partial charge on any atom is 0.239 e. The largest absolute Gasteiger partial charge is 0.342 e. The van der Waals surface area contributed by atoms with Crippen LogP contribution in [0.1, 0.15) is 39.5 Å². The number of rotatable bonds is 2. The van der Waals surface area contributed by atoms with Gasteiger partial charge in [0, 0.05) is 13.1 Å². The van der Waals surface area contributed by atoms with Crippen molar-refractivity contribution in [1.29, 1.82) is 5.26 Å². The molecule has 0 aliphatic heterocycles. The van der Waals surface area contributed by atoms with E-state index in [1.165, 1.54) is 12.8 Å². The lowest BCUT2D eigenvalue weighted by atomic mass is 9.86. The number of hydrogen-bond donors (Lipinski definition) is 0. The van der Waals surface area contributed by atoms with Gasteiger partial charge >= 0.3 is 0 Å². The van der Waals surface area contributed by atoms with Gasteiger partial charge in [0.2, 0.25) is 5.91 Å². The van der Waals surface area contributed by atoms with E-state index < -0.39 is 5.92 Å². The predicted octanol–water partition coefficient (Wildman–Crippen LogP) is 2.18. The van der Waals surface area contributed by atoms with Crippen LogP contribution in [-0.4, -0.2) is 23.9 Å². The number of hydrogen-bond acceptors (Lipinski definition) is 2. The normalized spacial score (nSPS) is 27.9. The van der Waals surface area contributed by atoms with E-state index in [4.69, 9.17) is 5.26 Å². The third-order valence-corrected chi connectivity index (χ3v) is 3.37. The molecule has 3 unspecified atom stereocenters. The molecule has 15 heavy (non-hydrogen) atoms. The summed E-state index contributed by atoms with van der Waals surface area (Å²) < 4.78 is 0. The zero-order valence-electron chi connectivity index (χ0n) is 9.86. The summed E-state index contributed by atoms with van der Waals surface area (Å²) in [5, 5.41) is 8.71. The molecule has 0 aromatic rings. The first-order chi connectivity index (χ1) is 7.06. The monoisotopic (exact) mass is 208 g/mol. The van der Waals surface area contributed by atoms with Gasteiger partial charge in [0.15, 0.2) is 0 Å². The summed E-state index contributed by atoms with van der Waals surface area (Å²) in [5.74, 6) is 0.167. The lowest BCUT2D eigenvalue weighted by Gasteiger charge is -2.34. The van der Waals surface area contributed by atoms with Gasteiger partial charge in [0.1, 0.15) is 5.92 Å². The Bertz CT molecular complexity index is 269. The molecule has 3 atom stereocenters. The summed E-state index contributed by atoms with van der Waals surface area (Å²) in [6.45, 7) is 3.91. The second-order valence-electron chi connectivity index (χ2n) is 4.73. The van der Waals surface area contributed by atoms with Gasteiger partial charge in [0.05, 0.1) is 6.07 Å². The van der Waals surface area contributed by atoms with E-state index in [1.807, 2.05) is 13.1 Å². The molecule has 0 heterocycles. The topological polar surface area (TPSA) is 44.1 Å². The summed E-state index contributed by atoms with van der Waals surface area (Å²) in [4.78, 5) is 13.6. The standard InChI is InChI=1S/C12H20N2O/c1-9-5-4-6-11(7-9)14(3)12(15)10(2)8-13/h9-11H,4-7H2,1-3H3. The second-order valence-corrected chi connectivity index (χ2v) is 4.73. The minimum atomic E-state index is -0.507. The Morgan fingerprint density at radius 1 is 1.53 bits per heavy atom. The fraction of sp³-hybridized carbons (Fsp3) is 0.833. The highest BCUT2D eigenvalue weighted by atomic mass is 16.2. The Morgan fingerprint density at radius 2 is 2.20 bits per heavy atom. The van der Waals surface area contributed by atoms with Crippen LogP contribution in [0.15, 0.2) is 0 Å². The summed E-state index contributed by atoms with van der Waals surface area (Å²) in [5.41, 5.74) is 0. The van der Waals surface area contributed by atoms with Crippen LogP contribution in [0.2, 0.25) is 0 Å². The van der Waals surface area contributed by atoms with Gasteiger partial charge in [0.25, 0.3) is 0 Å². The van der Waals surface area contributed by atoms with Gasteiger partial charge in [-0.2, -0.15) is 5.26 Å². The van der Waals surface area contributed by atoms with Crippen LogP contribution in [0.4, 0.5) is 0 Å². The van der Waals surface area contributed by atoms with E-state index in [1.54, 1.807) is 11.8 Å². The van der Waals surface area contributed by atoms with Crippen molar-refractivity contribution < 1.29 is 4.79 Å². The van der Waals surface area contributed by atoms with E-state index in [9.17, 15) is 4.79 Å². The first kappa shape index (κ1) is 12.0. The molecule has 1 fully saturated rings. The van der Waals surface area contributed by atoms with Crippen molar-refractivity contribution in [3.05, 3.63) is 0 Å². The number of carbonyl (C=O) groups is 1. The Morgan fingerprint density at radius 3 is 2.73 bits per heavy atom. The lowest BCUT2D eigenvalue weighted by Crippen LogP contribution is -2.42. The van der Waals surface area contributed by atoms with E-state index >= 15 is 0 Å². The van der Waals surface area contributed by atoms with Crippen LogP contribution in [-0.2, 0) is 4.79 Å². The third-order valence-electron chi connectivity index (χ3n) is 3.37. The zero-order chi connectivity index (χ0) is 11.4. The van der Waals surface area contributed by atoms with Gasteiger partial charge in [-0.05, 0) is 25.7 Å². The van der Waals surface area contributed by atoms with Gasteiger partial charge in [-0.3, -0.25) is 4.79 Å². The summed E-state index contributed by atoms with van der Waals surface area (Å²) in [6, 6.07) is 2.35. The SMILES string of the molecule is CC1CCCC(N(C)C(=O)C(C)C#N)C1. The molecule has 1 amide bonds. The van der Waals surface area contributed by atoms with Gasteiger partial charge in [-0.15, -0.1) is 0 Å². The van der Waals surface area contributed by atoms with Crippen molar-refractivity contribution in [3.63, 3.8) is 0 Å². The molecule has 3 nitrogen and oxygen atoms in total. The van der Waals surface area contributed by atoms with Crippen molar-refractivity contribution in [3.8, 4) is 6.07 Å². The molecule has 0 radical (unpaired) electrons. The van der Waals surface area contributed by atoms with Crippen LogP contribution in [0.25, 0.3) is 0 Å². The molecule has 1 saturated carbocycles. The minimum Gasteiger partial charge on any atom is -0.342 e. The quantitative estimate of drug-likeness (QED) is 0.698. The van der Waals surface area contributed by atoms with E-state index in [0.717, 1.165) is 12.8 Å². The summed E-state index contributed by atoms with van der Waals surface area (Å²) in [6.07, 6.45) is 4.64. The van der Waals surface area contributed by atoms with Crippen LogP contribution >= 0.6 is 0 Å². The first-order valence-corrected chi connectivity index (χ1v) is 5.72. The van der Waals surface area contributed by atoms with Crippen LogP contribution in [0.3, 0.4) is 0 Å². The predicted molar refractivity (Wildman–Crippen MR) is 59.0 cm³/mol. The van der Waals surface area contributed by atoms with Gasteiger partial charge in [-0.1, -0.05) is 19.8 Å². The highest BCUT2D eigenvalue weighted by Gasteiger charge is 2.27. The molecule has 1 aliphatic carbocycles. The highest BCUT2D eigenvalue weighted by Crippen LogP contribution is 2.27. The van der Waals surface area contributed by atoms with Crippen molar-refractivity contribution in [2.75, 3.05) is 7.05 Å². The highest BCUT2D eigenvalue weighted by molar-refractivity contribution is 5.80. The average Bonchev–Trinajstić information content (AvgIpc) is 2.26. The first-order valence-electron chi connectivity index (χ1n) is 5.72. The molecule has 3 heteroatoms. The number of carbonyl (C=O) groups excluding carboxylic acids is 1. The molecular formula is C12H20N2O. The van der Waals surface area contributed by atoms with Gasteiger partial charge in [-0.25, -0.2) is 0 Å². The Kier molecular flexibility index (Phi) is 4.14. The van der Waals surface area contributed by atoms with E-state index in [0.29, 0.717) is 12.0 Å². The summed E-state index contributed by atoms with van der Waals surface area (Å²) in [7, 11) is 1.83. The molecule has 84 valence electrons. The fourth-order valence-corrected chi connectivity index (χ4v) is 2.29. The fourth-order valence-electron chi connectivity index (χ4n) is 2.29. The molecule has 0 bridgehead atoms. The molecule has 0 spiro atoms. The molecule has 1 aliphatic rings. The van der Waals surface area contributed by atoms with Gasteiger partial charge < -0.3 is 4.90 Å². The number of amides is 1. The smallest absolute Gasteiger partial charge is 0.239 e. The maximum absolute atomic E-state index is 11.8. The lowest BCUT2D eigenvalue weighted by molar-refractivity contribution is -0.134. The van der Waals surface area contributed by atoms with Crippen molar-refractivity contribution in [2.45, 2.75) is 45.6 Å². The molecule has 1 rings (SSSR count). The van der Waals surface area contributed by atoms with Crippen LogP contribution < -0.4 is 0 Å². The Labute approximate surface area is 92.1 Å². The van der Waals surface area contributed by atoms with Crippen molar-refractivity contribution in [2.24, 2.45) is 11.8 Å². The van der Waals surface area contributed by atoms with Crippen molar-refractivity contribution in [1.82, 2.24) is 4.90 Å². The molecule has 0 aromatic heterocycles. The van der Waals surface area contributed by atoms with E-state index in [-0.39, 0.29) is 5.91 Å². The molecule has 0 aromatic carbocycles. The van der Waals surface area contributed by atoms with Crippen LogP contribution in [0.5, 0.6) is 0 Å². The maximum atomic E-state index is 11.8. The minimum absolute atomic E-state index is 0.0309. The molecule has 0 N–H and O–H groups in total. The molecular weight excluding hydrogens is 188 g/mol.